The second kappa shape index (κ2) is 11.9. The third-order valence-corrected chi connectivity index (χ3v) is 3.99. The van der Waals surface area contributed by atoms with Crippen LogP contribution in [0, 0.1) is 5.92 Å². The lowest BCUT2D eigenvalue weighted by Crippen LogP contribution is -2.54. The maximum absolute atomic E-state index is 12.6. The number of benzene rings is 1. The van der Waals surface area contributed by atoms with E-state index < -0.39 is 41.6 Å². The first-order valence-electron chi connectivity index (χ1n) is 10.2. The van der Waals surface area contributed by atoms with Crippen molar-refractivity contribution in [1.29, 1.82) is 0 Å². The summed E-state index contributed by atoms with van der Waals surface area (Å²) < 4.78 is 10.3. The van der Waals surface area contributed by atoms with E-state index in [1.165, 1.54) is 6.92 Å². The number of nitrogens with one attached hydrogen (secondary N) is 3. The molecule has 9 nitrogen and oxygen atoms in total. The molecule has 1 aromatic rings. The summed E-state index contributed by atoms with van der Waals surface area (Å²) in [5.41, 5.74) is 0.144. The predicted molar refractivity (Wildman–Crippen MR) is 115 cm³/mol. The molecule has 1 rings (SSSR count). The number of carbonyl (C=O) groups excluding carboxylic acids is 4. The van der Waals surface area contributed by atoms with Crippen LogP contribution in [0.1, 0.15) is 47.1 Å². The molecule has 0 spiro atoms. The summed E-state index contributed by atoms with van der Waals surface area (Å²) in [6, 6.07) is 7.39. The molecule has 1 aromatic carbocycles. The van der Waals surface area contributed by atoms with E-state index in [-0.39, 0.29) is 19.1 Å². The van der Waals surface area contributed by atoms with Crippen molar-refractivity contribution >= 4 is 23.9 Å². The second-order valence-corrected chi connectivity index (χ2v) is 8.47. The number of hydrogen-bond acceptors (Lipinski definition) is 6. The summed E-state index contributed by atoms with van der Waals surface area (Å²) >= 11 is 0. The highest BCUT2D eigenvalue weighted by Gasteiger charge is 2.27. The highest BCUT2D eigenvalue weighted by Crippen LogP contribution is 2.07. The van der Waals surface area contributed by atoms with E-state index in [1.807, 2.05) is 30.3 Å². The van der Waals surface area contributed by atoms with E-state index in [1.54, 1.807) is 34.6 Å². The summed E-state index contributed by atoms with van der Waals surface area (Å²) in [7, 11) is 0. The van der Waals surface area contributed by atoms with Crippen LogP contribution in [0.2, 0.25) is 0 Å². The van der Waals surface area contributed by atoms with Crippen LogP contribution in [0.4, 0.5) is 4.79 Å². The average Bonchev–Trinajstić information content (AvgIpc) is 2.67. The van der Waals surface area contributed by atoms with Crippen LogP contribution >= 0.6 is 0 Å². The van der Waals surface area contributed by atoms with Crippen molar-refractivity contribution in [3.05, 3.63) is 35.9 Å². The number of amides is 3. The number of hydrogen-bond donors (Lipinski definition) is 3. The molecule has 0 unspecified atom stereocenters. The van der Waals surface area contributed by atoms with Gasteiger partial charge in [-0.15, -0.1) is 0 Å². The molecule has 31 heavy (non-hydrogen) atoms. The van der Waals surface area contributed by atoms with E-state index in [9.17, 15) is 19.2 Å². The molecule has 0 radical (unpaired) electrons. The van der Waals surface area contributed by atoms with Crippen molar-refractivity contribution in [3.63, 3.8) is 0 Å². The lowest BCUT2D eigenvalue weighted by molar-refractivity contribution is -0.149. The Hall–Kier alpha value is -3.10. The molecule has 0 bridgehead atoms. The molecule has 0 heterocycles. The summed E-state index contributed by atoms with van der Waals surface area (Å²) in [6.07, 6.45) is -0.733. The molecule has 3 N–H and O–H groups in total. The second-order valence-electron chi connectivity index (χ2n) is 8.47. The van der Waals surface area contributed by atoms with Gasteiger partial charge in [-0.2, -0.15) is 0 Å². The standard InChI is InChI=1S/C22H33N3O6/c1-14(2)18(25-17(26)12-23-21(29)31-22(4,5)6)19(27)24-15(3)20(28)30-13-16-10-8-7-9-11-16/h7-11,14-15,18H,12-13H2,1-6H3,(H,23,29)(H,24,27)(H,25,26)/t15-,18-/m0/s1. The lowest BCUT2D eigenvalue weighted by atomic mass is 10.0. The molecule has 9 heteroatoms. The van der Waals surface area contributed by atoms with Crippen LogP contribution in [-0.2, 0) is 30.5 Å². The molecule has 0 aliphatic rings. The van der Waals surface area contributed by atoms with Crippen LogP contribution in [0.5, 0.6) is 0 Å². The Morgan fingerprint density at radius 2 is 1.58 bits per heavy atom. The van der Waals surface area contributed by atoms with Gasteiger partial charge in [-0.3, -0.25) is 9.59 Å². The molecule has 0 aliphatic carbocycles. The van der Waals surface area contributed by atoms with E-state index in [0.29, 0.717) is 0 Å². The van der Waals surface area contributed by atoms with Gasteiger partial charge in [0.1, 0.15) is 30.8 Å². The van der Waals surface area contributed by atoms with Gasteiger partial charge in [-0.05, 0) is 39.2 Å². The zero-order chi connectivity index (χ0) is 23.6. The van der Waals surface area contributed by atoms with Crippen molar-refractivity contribution in [2.24, 2.45) is 5.92 Å². The van der Waals surface area contributed by atoms with Crippen LogP contribution in [0.3, 0.4) is 0 Å². The van der Waals surface area contributed by atoms with Crippen molar-refractivity contribution in [3.8, 4) is 0 Å². The smallest absolute Gasteiger partial charge is 0.408 e. The van der Waals surface area contributed by atoms with Crippen molar-refractivity contribution in [2.45, 2.75) is 65.8 Å². The van der Waals surface area contributed by atoms with E-state index in [4.69, 9.17) is 9.47 Å². The molecule has 3 amide bonds. The molecule has 0 aliphatic heterocycles. The molecule has 0 saturated carbocycles. The summed E-state index contributed by atoms with van der Waals surface area (Å²) in [6.45, 7) is 9.89. The van der Waals surface area contributed by atoms with Crippen molar-refractivity contribution < 1.29 is 28.7 Å². The molecule has 0 saturated heterocycles. The monoisotopic (exact) mass is 435 g/mol. The molecule has 0 aromatic heterocycles. The third kappa shape index (κ3) is 10.5. The number of carbonyl (C=O) groups is 4. The molecular weight excluding hydrogens is 402 g/mol. The Balaban J connectivity index is 2.53. The van der Waals surface area contributed by atoms with Gasteiger partial charge < -0.3 is 25.4 Å². The highest BCUT2D eigenvalue weighted by atomic mass is 16.6. The van der Waals surface area contributed by atoms with Crippen LogP contribution in [0.15, 0.2) is 30.3 Å². The van der Waals surface area contributed by atoms with Gasteiger partial charge in [0.15, 0.2) is 0 Å². The van der Waals surface area contributed by atoms with Crippen LogP contribution in [0.25, 0.3) is 0 Å². The fourth-order valence-corrected chi connectivity index (χ4v) is 2.44. The number of alkyl carbamates (subject to hydrolysis) is 1. The molecule has 0 fully saturated rings. The normalized spacial score (nSPS) is 13.0. The van der Waals surface area contributed by atoms with E-state index in [2.05, 4.69) is 16.0 Å². The minimum absolute atomic E-state index is 0.0978. The zero-order valence-electron chi connectivity index (χ0n) is 19.0. The first-order chi connectivity index (χ1) is 14.4. The maximum atomic E-state index is 12.6. The van der Waals surface area contributed by atoms with Gasteiger partial charge in [-0.25, -0.2) is 9.59 Å². The first kappa shape index (κ1) is 25.9. The fraction of sp³-hybridized carbons (Fsp3) is 0.545. The lowest BCUT2D eigenvalue weighted by Gasteiger charge is -2.24. The van der Waals surface area contributed by atoms with Crippen molar-refractivity contribution in [2.75, 3.05) is 6.54 Å². The third-order valence-electron chi connectivity index (χ3n) is 3.99. The summed E-state index contributed by atoms with van der Waals surface area (Å²) in [5, 5.41) is 7.46. The Morgan fingerprint density at radius 1 is 0.968 bits per heavy atom. The van der Waals surface area contributed by atoms with E-state index in [0.717, 1.165) is 5.56 Å². The molecule has 2 atom stereocenters. The Bertz CT molecular complexity index is 758. The van der Waals surface area contributed by atoms with Crippen LogP contribution < -0.4 is 16.0 Å². The Kier molecular flexibility index (Phi) is 9.98. The largest absolute Gasteiger partial charge is 0.459 e. The zero-order valence-corrected chi connectivity index (χ0v) is 19.0. The van der Waals surface area contributed by atoms with Crippen LogP contribution in [-0.4, -0.2) is 48.1 Å². The molecular formula is C22H33N3O6. The molecule has 172 valence electrons. The van der Waals surface area contributed by atoms with Gasteiger partial charge in [0.2, 0.25) is 11.8 Å². The van der Waals surface area contributed by atoms with Crippen molar-refractivity contribution in [1.82, 2.24) is 16.0 Å². The number of ether oxygens (including phenoxy) is 2. The Labute approximate surface area is 183 Å². The van der Waals surface area contributed by atoms with Gasteiger partial charge in [0, 0.05) is 0 Å². The van der Waals surface area contributed by atoms with Gasteiger partial charge in [-0.1, -0.05) is 44.2 Å². The highest BCUT2D eigenvalue weighted by molar-refractivity contribution is 5.91. The van der Waals surface area contributed by atoms with Gasteiger partial charge in [0.25, 0.3) is 0 Å². The number of esters is 1. The topological polar surface area (TPSA) is 123 Å². The van der Waals surface area contributed by atoms with Gasteiger partial charge >= 0.3 is 12.1 Å². The minimum atomic E-state index is -0.894. The minimum Gasteiger partial charge on any atom is -0.459 e. The first-order valence-corrected chi connectivity index (χ1v) is 10.2. The van der Waals surface area contributed by atoms with E-state index >= 15 is 0 Å². The average molecular weight is 436 g/mol. The summed E-state index contributed by atoms with van der Waals surface area (Å²) in [4.78, 5) is 48.6. The maximum Gasteiger partial charge on any atom is 0.408 e. The predicted octanol–water partition coefficient (Wildman–Crippen LogP) is 1.90. The number of rotatable bonds is 9. The SMILES string of the molecule is CC(C)[C@H](NC(=O)CNC(=O)OC(C)(C)C)C(=O)N[C@@H](C)C(=O)OCc1ccccc1. The quantitative estimate of drug-likeness (QED) is 0.509. The summed E-state index contributed by atoms with van der Waals surface area (Å²) in [5.74, 6) is -1.92. The van der Waals surface area contributed by atoms with Gasteiger partial charge in [0.05, 0.1) is 0 Å². The fourth-order valence-electron chi connectivity index (χ4n) is 2.44. The Morgan fingerprint density at radius 3 is 2.13 bits per heavy atom.